The molecule has 3 nitrogen and oxygen atoms in total. The predicted molar refractivity (Wildman–Crippen MR) is 78.6 cm³/mol. The van der Waals surface area contributed by atoms with E-state index in [2.05, 4.69) is 22.2 Å². The number of rotatable bonds is 2. The Balaban J connectivity index is 0.00000133. The van der Waals surface area contributed by atoms with Crippen LogP contribution >= 0.6 is 12.4 Å². The number of benzene rings is 1. The van der Waals surface area contributed by atoms with E-state index in [1.165, 1.54) is 12.1 Å². The average Bonchev–Trinajstić information content (AvgIpc) is 2.90. The highest BCUT2D eigenvalue weighted by molar-refractivity contribution is 5.85. The van der Waals surface area contributed by atoms with E-state index in [4.69, 9.17) is 0 Å². The van der Waals surface area contributed by atoms with E-state index < -0.39 is 0 Å². The lowest BCUT2D eigenvalue weighted by atomic mass is 10.1. The van der Waals surface area contributed by atoms with Gasteiger partial charge in [0.05, 0.1) is 17.4 Å². The molecular formula is C14H17ClFN3. The number of nitrogens with zero attached hydrogens (tertiary/aromatic N) is 2. The van der Waals surface area contributed by atoms with Crippen LogP contribution in [0.25, 0.3) is 10.9 Å². The zero-order chi connectivity index (χ0) is 12.5. The summed E-state index contributed by atoms with van der Waals surface area (Å²) in [6, 6.07) is 7.19. The van der Waals surface area contributed by atoms with Crippen LogP contribution in [-0.4, -0.2) is 31.2 Å². The highest BCUT2D eigenvalue weighted by Crippen LogP contribution is 2.22. The Morgan fingerprint density at radius 2 is 2.21 bits per heavy atom. The number of anilines is 1. The van der Waals surface area contributed by atoms with E-state index in [0.717, 1.165) is 36.1 Å². The second kappa shape index (κ2) is 5.72. The van der Waals surface area contributed by atoms with Crippen LogP contribution < -0.4 is 10.2 Å². The van der Waals surface area contributed by atoms with E-state index in [9.17, 15) is 4.39 Å². The smallest absolute Gasteiger partial charge is 0.123 e. The van der Waals surface area contributed by atoms with Crippen molar-refractivity contribution in [3.05, 3.63) is 36.3 Å². The van der Waals surface area contributed by atoms with Gasteiger partial charge in [-0.05, 0) is 37.2 Å². The van der Waals surface area contributed by atoms with Gasteiger partial charge in [-0.3, -0.25) is 4.98 Å². The van der Waals surface area contributed by atoms with E-state index >= 15 is 0 Å². The van der Waals surface area contributed by atoms with Crippen LogP contribution in [0, 0.1) is 5.82 Å². The number of fused-ring (bicyclic) bond motifs is 1. The molecule has 1 fully saturated rings. The predicted octanol–water partition coefficient (Wildman–Crippen LogP) is 2.59. The topological polar surface area (TPSA) is 28.2 Å². The molecule has 1 N–H and O–H groups in total. The summed E-state index contributed by atoms with van der Waals surface area (Å²) < 4.78 is 13.2. The fourth-order valence-corrected chi connectivity index (χ4v) is 2.46. The minimum atomic E-state index is -0.216. The van der Waals surface area contributed by atoms with Gasteiger partial charge in [-0.15, -0.1) is 12.4 Å². The monoisotopic (exact) mass is 281 g/mol. The molecule has 2 aromatic rings. The summed E-state index contributed by atoms with van der Waals surface area (Å²) in [6.07, 6.45) is 3.00. The van der Waals surface area contributed by atoms with Gasteiger partial charge in [0, 0.05) is 25.0 Å². The number of aromatic nitrogens is 1. The third kappa shape index (κ3) is 2.80. The molecule has 0 saturated carbocycles. The molecule has 2 heterocycles. The minimum absolute atomic E-state index is 0. The Morgan fingerprint density at radius 3 is 2.95 bits per heavy atom. The van der Waals surface area contributed by atoms with E-state index in [1.807, 2.05) is 12.3 Å². The first-order chi connectivity index (χ1) is 8.74. The molecule has 0 amide bonds. The highest BCUT2D eigenvalue weighted by atomic mass is 35.5. The molecular weight excluding hydrogens is 265 g/mol. The fraction of sp³-hybridized carbons (Fsp3) is 0.357. The third-order valence-electron chi connectivity index (χ3n) is 3.62. The van der Waals surface area contributed by atoms with Crippen molar-refractivity contribution < 1.29 is 4.39 Å². The van der Waals surface area contributed by atoms with Crippen LogP contribution in [0.4, 0.5) is 10.1 Å². The SMILES string of the molecule is CN(c1cnc2ccc(F)cc2c1)C1CCNC1.Cl. The van der Waals surface area contributed by atoms with Crippen LogP contribution in [0.1, 0.15) is 6.42 Å². The summed E-state index contributed by atoms with van der Waals surface area (Å²) in [7, 11) is 2.07. The molecule has 1 unspecified atom stereocenters. The summed E-state index contributed by atoms with van der Waals surface area (Å²) >= 11 is 0. The molecule has 0 radical (unpaired) electrons. The van der Waals surface area contributed by atoms with Gasteiger partial charge < -0.3 is 10.2 Å². The van der Waals surface area contributed by atoms with Gasteiger partial charge in [0.25, 0.3) is 0 Å². The second-order valence-electron chi connectivity index (χ2n) is 4.79. The van der Waals surface area contributed by atoms with Gasteiger partial charge in [0.2, 0.25) is 0 Å². The normalized spacial score (nSPS) is 18.3. The average molecular weight is 282 g/mol. The van der Waals surface area contributed by atoms with Crippen molar-refractivity contribution in [2.24, 2.45) is 0 Å². The lowest BCUT2D eigenvalue weighted by Crippen LogP contribution is -2.33. The number of hydrogen-bond donors (Lipinski definition) is 1. The molecule has 5 heteroatoms. The largest absolute Gasteiger partial charge is 0.369 e. The standard InChI is InChI=1S/C14H16FN3.ClH/c1-18(12-4-5-16-8-12)13-7-10-6-11(15)2-3-14(10)17-9-13;/h2-3,6-7,9,12,16H,4-5,8H2,1H3;1H. The van der Waals surface area contributed by atoms with E-state index in [0.29, 0.717) is 6.04 Å². The van der Waals surface area contributed by atoms with Gasteiger partial charge in [-0.1, -0.05) is 0 Å². The second-order valence-corrected chi connectivity index (χ2v) is 4.79. The molecule has 3 rings (SSSR count). The Hall–Kier alpha value is -1.39. The minimum Gasteiger partial charge on any atom is -0.369 e. The molecule has 1 aliphatic rings. The van der Waals surface area contributed by atoms with Gasteiger partial charge >= 0.3 is 0 Å². The van der Waals surface area contributed by atoms with E-state index in [1.54, 1.807) is 6.07 Å². The lowest BCUT2D eigenvalue weighted by molar-refractivity contribution is 0.629. The summed E-state index contributed by atoms with van der Waals surface area (Å²) in [5.41, 5.74) is 1.87. The zero-order valence-corrected chi connectivity index (χ0v) is 11.6. The Kier molecular flexibility index (Phi) is 4.22. The summed E-state index contributed by atoms with van der Waals surface area (Å²) in [5, 5.41) is 4.20. The van der Waals surface area contributed by atoms with Crippen molar-refractivity contribution in [2.45, 2.75) is 12.5 Å². The number of nitrogens with one attached hydrogen (secondary N) is 1. The maximum absolute atomic E-state index is 13.2. The van der Waals surface area contributed by atoms with Crippen LogP contribution in [-0.2, 0) is 0 Å². The van der Waals surface area contributed by atoms with Gasteiger partial charge in [0.15, 0.2) is 0 Å². The van der Waals surface area contributed by atoms with Crippen molar-refractivity contribution >= 4 is 29.0 Å². The molecule has 0 bridgehead atoms. The first-order valence-electron chi connectivity index (χ1n) is 6.23. The summed E-state index contributed by atoms with van der Waals surface area (Å²) in [4.78, 5) is 6.61. The molecule has 1 saturated heterocycles. The Labute approximate surface area is 118 Å². The quantitative estimate of drug-likeness (QED) is 0.917. The molecule has 0 aliphatic carbocycles. The lowest BCUT2D eigenvalue weighted by Gasteiger charge is -2.25. The Bertz CT molecular complexity index is 570. The number of likely N-dealkylation sites (N-methyl/N-ethyl adjacent to an activating group) is 1. The Morgan fingerprint density at radius 1 is 1.37 bits per heavy atom. The molecule has 1 atom stereocenters. The van der Waals surface area contributed by atoms with Gasteiger partial charge in [0.1, 0.15) is 5.82 Å². The first-order valence-corrected chi connectivity index (χ1v) is 6.23. The summed E-state index contributed by atoms with van der Waals surface area (Å²) in [6.45, 7) is 2.06. The highest BCUT2D eigenvalue weighted by Gasteiger charge is 2.19. The maximum atomic E-state index is 13.2. The van der Waals surface area contributed by atoms with Gasteiger partial charge in [-0.25, -0.2) is 4.39 Å². The van der Waals surface area contributed by atoms with Crippen molar-refractivity contribution in [3.8, 4) is 0 Å². The van der Waals surface area contributed by atoms with Crippen molar-refractivity contribution in [1.82, 2.24) is 10.3 Å². The van der Waals surface area contributed by atoms with Crippen molar-refractivity contribution in [2.75, 3.05) is 25.0 Å². The van der Waals surface area contributed by atoms with Crippen molar-refractivity contribution in [1.29, 1.82) is 0 Å². The molecule has 102 valence electrons. The fourth-order valence-electron chi connectivity index (χ4n) is 2.46. The molecule has 1 aromatic heterocycles. The number of hydrogen-bond acceptors (Lipinski definition) is 3. The van der Waals surface area contributed by atoms with Crippen molar-refractivity contribution in [3.63, 3.8) is 0 Å². The van der Waals surface area contributed by atoms with E-state index in [-0.39, 0.29) is 18.2 Å². The summed E-state index contributed by atoms with van der Waals surface area (Å²) in [5.74, 6) is -0.216. The molecule has 19 heavy (non-hydrogen) atoms. The van der Waals surface area contributed by atoms with Gasteiger partial charge in [-0.2, -0.15) is 0 Å². The maximum Gasteiger partial charge on any atom is 0.123 e. The molecule has 0 spiro atoms. The van der Waals surface area contributed by atoms with Crippen LogP contribution in [0.2, 0.25) is 0 Å². The molecule has 1 aromatic carbocycles. The zero-order valence-electron chi connectivity index (χ0n) is 10.8. The number of halogens is 2. The number of pyridine rings is 1. The van der Waals surface area contributed by atoms with Crippen LogP contribution in [0.15, 0.2) is 30.5 Å². The molecule has 1 aliphatic heterocycles. The van der Waals surface area contributed by atoms with Crippen LogP contribution in [0.3, 0.4) is 0 Å². The third-order valence-corrected chi connectivity index (χ3v) is 3.62. The van der Waals surface area contributed by atoms with Crippen LogP contribution in [0.5, 0.6) is 0 Å². The first kappa shape index (κ1) is 14.0.